The lowest BCUT2D eigenvalue weighted by atomic mass is 10.4. The van der Waals surface area contributed by atoms with E-state index in [1.165, 1.54) is 13.2 Å². The minimum absolute atomic E-state index is 0.330. The first kappa shape index (κ1) is 34.4. The molecule has 0 N–H and O–H groups in total. The normalized spacial score (nSPS) is 7.87. The Kier molecular flexibility index (Phi) is 35.0. The summed E-state index contributed by atoms with van der Waals surface area (Å²) < 4.78 is 17.8. The zero-order chi connectivity index (χ0) is 24.2. The lowest BCUT2D eigenvalue weighted by molar-refractivity contribution is -0.138. The highest BCUT2D eigenvalue weighted by atomic mass is 16.5. The van der Waals surface area contributed by atoms with E-state index in [1.54, 1.807) is 6.92 Å². The lowest BCUT2D eigenvalue weighted by Crippen LogP contribution is -2.00. The molecule has 0 fully saturated rings. The van der Waals surface area contributed by atoms with E-state index in [9.17, 15) is 19.2 Å². The fourth-order valence-electron chi connectivity index (χ4n) is 0.922. The molecule has 0 aromatic heterocycles. The molecule has 0 radical (unpaired) electrons. The van der Waals surface area contributed by atoms with Gasteiger partial charge >= 0.3 is 23.9 Å². The Morgan fingerprint density at radius 2 is 1.03 bits per heavy atom. The van der Waals surface area contributed by atoms with Gasteiger partial charge in [0.1, 0.15) is 0 Å². The molecule has 0 aliphatic carbocycles. The largest absolute Gasteiger partial charge is 0.466 e. The second kappa shape index (κ2) is 30.6. The average molecular weight is 429 g/mol. The number of unbranched alkanes of at least 4 members (excludes halogenated alkanes) is 1. The van der Waals surface area contributed by atoms with Crippen molar-refractivity contribution in [2.45, 2.75) is 40.0 Å². The van der Waals surface area contributed by atoms with E-state index in [0.717, 1.165) is 37.5 Å². The summed E-state index contributed by atoms with van der Waals surface area (Å²) >= 11 is 0. The molecule has 0 heterocycles. The standard InChI is InChI=1S/C7H12O2.C6H10O2.C5H8O2.C4H6O2/c1-3-5-6-9-7(8)4-2;1-3-5-8-6(7)4-2;1-3-5(6)7-4-2;1-3-4(5)6-2/h4H,2-3,5-6H2,1H3;4H,2-3,5H2,1H3;3H,1,4H2,2H3;3H,1H2,2H3. The summed E-state index contributed by atoms with van der Waals surface area (Å²) in [5, 5.41) is 0. The molecule has 0 bridgehead atoms. The van der Waals surface area contributed by atoms with E-state index in [1.807, 2.05) is 13.8 Å². The Labute approximate surface area is 180 Å². The molecule has 0 saturated heterocycles. The van der Waals surface area contributed by atoms with Gasteiger partial charge in [-0.15, -0.1) is 0 Å². The number of esters is 4. The molecule has 0 unspecified atom stereocenters. The van der Waals surface area contributed by atoms with Crippen molar-refractivity contribution in [2.75, 3.05) is 26.9 Å². The van der Waals surface area contributed by atoms with Gasteiger partial charge in [-0.25, -0.2) is 19.2 Å². The summed E-state index contributed by atoms with van der Waals surface area (Å²) in [5.74, 6) is -1.42. The average Bonchev–Trinajstić information content (AvgIpc) is 2.78. The highest BCUT2D eigenvalue weighted by Gasteiger charge is 1.91. The van der Waals surface area contributed by atoms with Gasteiger partial charge in [-0.3, -0.25) is 0 Å². The van der Waals surface area contributed by atoms with Crippen molar-refractivity contribution >= 4 is 23.9 Å². The molecule has 0 aromatic rings. The summed E-state index contributed by atoms with van der Waals surface area (Å²) in [6.45, 7) is 20.0. The van der Waals surface area contributed by atoms with Crippen LogP contribution in [0, 0.1) is 0 Å². The summed E-state index contributed by atoms with van der Waals surface area (Å²) in [5.41, 5.74) is 0. The van der Waals surface area contributed by atoms with Gasteiger partial charge < -0.3 is 18.9 Å². The fraction of sp³-hybridized carbons (Fsp3) is 0.455. The zero-order valence-corrected chi connectivity index (χ0v) is 18.6. The second-order valence-electron chi connectivity index (χ2n) is 4.78. The van der Waals surface area contributed by atoms with Crippen LogP contribution in [-0.2, 0) is 38.1 Å². The van der Waals surface area contributed by atoms with Crippen LogP contribution in [-0.4, -0.2) is 50.8 Å². The molecule has 0 aromatic carbocycles. The van der Waals surface area contributed by atoms with Crippen LogP contribution in [0.2, 0.25) is 0 Å². The van der Waals surface area contributed by atoms with E-state index in [2.05, 4.69) is 45.3 Å². The molecule has 0 spiro atoms. The summed E-state index contributed by atoms with van der Waals surface area (Å²) in [4.78, 5) is 40.5. The van der Waals surface area contributed by atoms with Crippen LogP contribution in [0.4, 0.5) is 0 Å². The van der Waals surface area contributed by atoms with Gasteiger partial charge in [0.05, 0.1) is 26.9 Å². The molecule has 0 rings (SSSR count). The van der Waals surface area contributed by atoms with Crippen LogP contribution in [0.3, 0.4) is 0 Å². The van der Waals surface area contributed by atoms with E-state index >= 15 is 0 Å². The van der Waals surface area contributed by atoms with Crippen LogP contribution in [0.15, 0.2) is 50.6 Å². The zero-order valence-electron chi connectivity index (χ0n) is 18.6. The van der Waals surface area contributed by atoms with Crippen LogP contribution < -0.4 is 0 Å². The quantitative estimate of drug-likeness (QED) is 0.224. The minimum Gasteiger partial charge on any atom is -0.466 e. The van der Waals surface area contributed by atoms with Crippen LogP contribution in [0.25, 0.3) is 0 Å². The topological polar surface area (TPSA) is 105 Å². The van der Waals surface area contributed by atoms with Crippen LogP contribution in [0.1, 0.15) is 40.0 Å². The molecule has 0 aliphatic rings. The monoisotopic (exact) mass is 428 g/mol. The van der Waals surface area contributed by atoms with Gasteiger partial charge in [0, 0.05) is 24.3 Å². The Balaban J connectivity index is -0.000000152. The molecule has 0 amide bonds. The number of hydrogen-bond acceptors (Lipinski definition) is 8. The van der Waals surface area contributed by atoms with E-state index < -0.39 is 5.97 Å². The molecule has 8 nitrogen and oxygen atoms in total. The Morgan fingerprint density at radius 1 is 0.633 bits per heavy atom. The Bertz CT molecular complexity index is 509. The van der Waals surface area contributed by atoms with E-state index in [4.69, 9.17) is 0 Å². The predicted octanol–water partition coefficient (Wildman–Crippen LogP) is 3.72. The smallest absolute Gasteiger partial charge is 0.330 e. The minimum atomic E-state index is -0.394. The maximum atomic E-state index is 10.3. The Hall–Kier alpha value is -3.16. The maximum absolute atomic E-state index is 10.3. The number of carbonyl (C=O) groups is 4. The van der Waals surface area contributed by atoms with Crippen molar-refractivity contribution in [1.29, 1.82) is 0 Å². The number of ether oxygens (including phenoxy) is 4. The second-order valence-corrected chi connectivity index (χ2v) is 4.78. The first-order valence-corrected chi connectivity index (χ1v) is 9.32. The third-order valence-corrected chi connectivity index (χ3v) is 2.35. The number of hydrogen-bond donors (Lipinski definition) is 0. The van der Waals surface area contributed by atoms with Gasteiger partial charge in [0.25, 0.3) is 0 Å². The van der Waals surface area contributed by atoms with Gasteiger partial charge in [-0.1, -0.05) is 46.6 Å². The van der Waals surface area contributed by atoms with E-state index in [0.29, 0.717) is 19.8 Å². The first-order valence-electron chi connectivity index (χ1n) is 9.32. The van der Waals surface area contributed by atoms with Crippen LogP contribution in [0.5, 0.6) is 0 Å². The molecule has 8 heteroatoms. The third-order valence-electron chi connectivity index (χ3n) is 2.35. The van der Waals surface area contributed by atoms with Gasteiger partial charge in [-0.05, 0) is 19.8 Å². The SMILES string of the molecule is C=CC(=O)OC.C=CC(=O)OCC.C=CC(=O)OCCC.C=CC(=O)OCCCC. The maximum Gasteiger partial charge on any atom is 0.330 e. The van der Waals surface area contributed by atoms with E-state index in [-0.39, 0.29) is 17.9 Å². The van der Waals surface area contributed by atoms with Gasteiger partial charge in [0.2, 0.25) is 0 Å². The number of carbonyl (C=O) groups excluding carboxylic acids is 4. The summed E-state index contributed by atoms with van der Waals surface area (Å²) in [6.07, 6.45) is 7.43. The Morgan fingerprint density at radius 3 is 1.27 bits per heavy atom. The first-order chi connectivity index (χ1) is 14.2. The molecule has 172 valence electrons. The molecular weight excluding hydrogens is 392 g/mol. The van der Waals surface area contributed by atoms with Crippen molar-refractivity contribution < 1.29 is 38.1 Å². The number of rotatable bonds is 10. The predicted molar refractivity (Wildman–Crippen MR) is 117 cm³/mol. The lowest BCUT2D eigenvalue weighted by Gasteiger charge is -1.97. The van der Waals surface area contributed by atoms with Crippen molar-refractivity contribution in [3.8, 4) is 0 Å². The molecule has 0 saturated carbocycles. The molecule has 30 heavy (non-hydrogen) atoms. The highest BCUT2D eigenvalue weighted by Crippen LogP contribution is 1.88. The molecule has 0 atom stereocenters. The molecule has 0 aliphatic heterocycles. The van der Waals surface area contributed by atoms with Crippen molar-refractivity contribution in [3.05, 3.63) is 50.6 Å². The van der Waals surface area contributed by atoms with Crippen molar-refractivity contribution in [3.63, 3.8) is 0 Å². The van der Waals surface area contributed by atoms with Crippen LogP contribution >= 0.6 is 0 Å². The van der Waals surface area contributed by atoms with Gasteiger partial charge in [0.15, 0.2) is 0 Å². The summed E-state index contributed by atoms with van der Waals surface area (Å²) in [6, 6.07) is 0. The van der Waals surface area contributed by atoms with Crippen molar-refractivity contribution in [2.24, 2.45) is 0 Å². The highest BCUT2D eigenvalue weighted by molar-refractivity contribution is 5.82. The fourth-order valence-corrected chi connectivity index (χ4v) is 0.922. The van der Waals surface area contributed by atoms with Gasteiger partial charge in [-0.2, -0.15) is 0 Å². The van der Waals surface area contributed by atoms with Crippen molar-refractivity contribution in [1.82, 2.24) is 0 Å². The molecular formula is C22H36O8. The summed E-state index contributed by atoms with van der Waals surface area (Å²) in [7, 11) is 1.31. The number of methoxy groups -OCH3 is 1. The third kappa shape index (κ3) is 39.8.